The molecule has 0 saturated carbocycles. The molecule has 7 nitrogen and oxygen atoms in total. The molecule has 2 aromatic rings. The highest BCUT2D eigenvalue weighted by molar-refractivity contribution is 5.78. The normalized spacial score (nSPS) is 20.1. The van der Waals surface area contributed by atoms with E-state index in [4.69, 9.17) is 9.47 Å². The Balaban J connectivity index is 1.57. The van der Waals surface area contributed by atoms with Crippen LogP contribution in [0.2, 0.25) is 0 Å². The highest BCUT2D eigenvalue weighted by Gasteiger charge is 2.33. The lowest BCUT2D eigenvalue weighted by Crippen LogP contribution is -2.39. The van der Waals surface area contributed by atoms with Crippen LogP contribution in [-0.4, -0.2) is 40.3 Å². The number of aromatic amines is 1. The number of ether oxygens (including phenoxy) is 2. The SMILES string of the molecule is Cc1ccc(C)c(OCC(=O)N[C@H]2CCO[C@H]2c2n[nH]c(C)n2)c1. The van der Waals surface area contributed by atoms with Gasteiger partial charge >= 0.3 is 0 Å². The van der Waals surface area contributed by atoms with Gasteiger partial charge in [-0.15, -0.1) is 0 Å². The predicted molar refractivity (Wildman–Crippen MR) is 87.8 cm³/mol. The standard InChI is InChI=1S/C17H22N4O3/c1-10-4-5-11(2)14(8-10)24-9-15(22)19-13-6-7-23-16(13)17-18-12(3)20-21-17/h4-5,8,13,16H,6-7,9H2,1-3H3,(H,19,22)(H,18,20,21)/t13-,16+/m0/s1. The molecule has 0 unspecified atom stereocenters. The molecule has 1 amide bonds. The molecule has 1 fully saturated rings. The minimum atomic E-state index is -0.320. The molecule has 0 bridgehead atoms. The van der Waals surface area contributed by atoms with E-state index in [0.29, 0.717) is 12.4 Å². The van der Waals surface area contributed by atoms with E-state index >= 15 is 0 Å². The van der Waals surface area contributed by atoms with Gasteiger partial charge in [-0.1, -0.05) is 12.1 Å². The second kappa shape index (κ2) is 7.00. The Labute approximate surface area is 140 Å². The summed E-state index contributed by atoms with van der Waals surface area (Å²) in [5.41, 5.74) is 2.10. The molecule has 2 heterocycles. The first kappa shape index (κ1) is 16.4. The van der Waals surface area contributed by atoms with Crippen molar-refractivity contribution in [1.82, 2.24) is 20.5 Å². The number of rotatable bonds is 5. The van der Waals surface area contributed by atoms with Crippen LogP contribution in [0.4, 0.5) is 0 Å². The maximum atomic E-state index is 12.2. The molecule has 2 N–H and O–H groups in total. The minimum Gasteiger partial charge on any atom is -0.483 e. The molecule has 1 saturated heterocycles. The topological polar surface area (TPSA) is 89.1 Å². The van der Waals surface area contributed by atoms with Crippen molar-refractivity contribution in [2.75, 3.05) is 13.2 Å². The van der Waals surface area contributed by atoms with Crippen molar-refractivity contribution in [2.24, 2.45) is 0 Å². The van der Waals surface area contributed by atoms with Gasteiger partial charge in [-0.2, -0.15) is 5.10 Å². The summed E-state index contributed by atoms with van der Waals surface area (Å²) >= 11 is 0. The number of aryl methyl sites for hydroxylation is 3. The number of hydrogen-bond acceptors (Lipinski definition) is 5. The lowest BCUT2D eigenvalue weighted by atomic mass is 10.1. The second-order valence-electron chi connectivity index (χ2n) is 6.09. The van der Waals surface area contributed by atoms with Crippen LogP contribution < -0.4 is 10.1 Å². The van der Waals surface area contributed by atoms with E-state index in [9.17, 15) is 4.79 Å². The number of nitrogens with one attached hydrogen (secondary N) is 2. The average Bonchev–Trinajstić information content (AvgIpc) is 3.17. The molecule has 1 aromatic carbocycles. The van der Waals surface area contributed by atoms with Crippen molar-refractivity contribution in [3.05, 3.63) is 41.0 Å². The lowest BCUT2D eigenvalue weighted by molar-refractivity contribution is -0.124. The molecular formula is C17H22N4O3. The highest BCUT2D eigenvalue weighted by Crippen LogP contribution is 2.26. The van der Waals surface area contributed by atoms with Crippen molar-refractivity contribution < 1.29 is 14.3 Å². The van der Waals surface area contributed by atoms with Gasteiger partial charge in [0.25, 0.3) is 5.91 Å². The molecular weight excluding hydrogens is 308 g/mol. The first-order valence-electron chi connectivity index (χ1n) is 8.03. The Morgan fingerprint density at radius 1 is 1.42 bits per heavy atom. The zero-order chi connectivity index (χ0) is 17.1. The smallest absolute Gasteiger partial charge is 0.258 e. The van der Waals surface area contributed by atoms with Gasteiger partial charge in [0.05, 0.1) is 6.04 Å². The van der Waals surface area contributed by atoms with E-state index in [2.05, 4.69) is 20.5 Å². The van der Waals surface area contributed by atoms with Gasteiger partial charge in [0.15, 0.2) is 12.4 Å². The van der Waals surface area contributed by atoms with Crippen LogP contribution in [0.5, 0.6) is 5.75 Å². The maximum absolute atomic E-state index is 12.2. The number of nitrogens with zero attached hydrogens (tertiary/aromatic N) is 2. The molecule has 1 aliphatic heterocycles. The Hall–Kier alpha value is -2.41. The number of aromatic nitrogens is 3. The third kappa shape index (κ3) is 3.73. The van der Waals surface area contributed by atoms with Crippen LogP contribution in [0.25, 0.3) is 0 Å². The second-order valence-corrected chi connectivity index (χ2v) is 6.09. The summed E-state index contributed by atoms with van der Waals surface area (Å²) in [5, 5.41) is 9.88. The fourth-order valence-electron chi connectivity index (χ4n) is 2.73. The largest absolute Gasteiger partial charge is 0.483 e. The van der Waals surface area contributed by atoms with Gasteiger partial charge < -0.3 is 14.8 Å². The Morgan fingerprint density at radius 3 is 3.00 bits per heavy atom. The number of carbonyl (C=O) groups is 1. The van der Waals surface area contributed by atoms with E-state index < -0.39 is 0 Å². The van der Waals surface area contributed by atoms with Crippen molar-refractivity contribution in [2.45, 2.75) is 39.3 Å². The van der Waals surface area contributed by atoms with Crippen LogP contribution in [0, 0.1) is 20.8 Å². The third-order valence-corrected chi connectivity index (χ3v) is 4.01. The van der Waals surface area contributed by atoms with Gasteiger partial charge in [0, 0.05) is 6.61 Å². The molecule has 0 aliphatic carbocycles. The summed E-state index contributed by atoms with van der Waals surface area (Å²) in [7, 11) is 0. The van der Waals surface area contributed by atoms with Gasteiger partial charge in [0.1, 0.15) is 17.7 Å². The average molecular weight is 330 g/mol. The molecule has 0 radical (unpaired) electrons. The van der Waals surface area contributed by atoms with E-state index in [1.165, 1.54) is 0 Å². The van der Waals surface area contributed by atoms with Crippen molar-refractivity contribution >= 4 is 5.91 Å². The molecule has 0 spiro atoms. The van der Waals surface area contributed by atoms with Gasteiger partial charge in [0.2, 0.25) is 0 Å². The number of H-pyrrole nitrogens is 1. The first-order valence-corrected chi connectivity index (χ1v) is 8.03. The number of carbonyl (C=O) groups excluding carboxylic acids is 1. The summed E-state index contributed by atoms with van der Waals surface area (Å²) in [4.78, 5) is 16.5. The van der Waals surface area contributed by atoms with Crippen LogP contribution in [0.15, 0.2) is 18.2 Å². The molecule has 7 heteroatoms. The van der Waals surface area contributed by atoms with Gasteiger partial charge in [-0.25, -0.2) is 4.98 Å². The minimum absolute atomic E-state index is 0.0272. The Bertz CT molecular complexity index is 728. The summed E-state index contributed by atoms with van der Waals surface area (Å²) in [5.74, 6) is 1.85. The van der Waals surface area contributed by atoms with Crippen LogP contribution in [-0.2, 0) is 9.53 Å². The van der Waals surface area contributed by atoms with Crippen molar-refractivity contribution in [1.29, 1.82) is 0 Å². The van der Waals surface area contributed by atoms with Crippen LogP contribution in [0.1, 0.15) is 35.3 Å². The van der Waals surface area contributed by atoms with Crippen LogP contribution >= 0.6 is 0 Å². The Morgan fingerprint density at radius 2 is 2.25 bits per heavy atom. The highest BCUT2D eigenvalue weighted by atomic mass is 16.5. The van der Waals surface area contributed by atoms with Gasteiger partial charge in [-0.3, -0.25) is 9.89 Å². The Kier molecular flexibility index (Phi) is 4.80. The maximum Gasteiger partial charge on any atom is 0.258 e. The van der Waals surface area contributed by atoms with E-state index in [1.54, 1.807) is 0 Å². The summed E-state index contributed by atoms with van der Waals surface area (Å²) in [6.45, 7) is 6.32. The van der Waals surface area contributed by atoms with Gasteiger partial charge in [-0.05, 0) is 44.4 Å². The number of amides is 1. The molecule has 3 rings (SSSR count). The quantitative estimate of drug-likeness (QED) is 0.872. The summed E-state index contributed by atoms with van der Waals surface area (Å²) in [6.07, 6.45) is 0.410. The summed E-state index contributed by atoms with van der Waals surface area (Å²) in [6, 6.07) is 5.78. The first-order chi connectivity index (χ1) is 11.5. The molecule has 24 heavy (non-hydrogen) atoms. The third-order valence-electron chi connectivity index (χ3n) is 4.01. The molecule has 2 atom stereocenters. The summed E-state index contributed by atoms with van der Waals surface area (Å²) < 4.78 is 11.3. The van der Waals surface area contributed by atoms with Crippen molar-refractivity contribution in [3.8, 4) is 5.75 Å². The van der Waals surface area contributed by atoms with E-state index in [1.807, 2.05) is 39.0 Å². The zero-order valence-corrected chi connectivity index (χ0v) is 14.1. The van der Waals surface area contributed by atoms with E-state index in [-0.39, 0.29) is 24.7 Å². The van der Waals surface area contributed by atoms with Crippen LogP contribution in [0.3, 0.4) is 0 Å². The van der Waals surface area contributed by atoms with E-state index in [0.717, 1.165) is 29.1 Å². The molecule has 1 aromatic heterocycles. The predicted octanol–water partition coefficient (Wildman–Crippen LogP) is 1.76. The zero-order valence-electron chi connectivity index (χ0n) is 14.1. The fraction of sp³-hybridized carbons (Fsp3) is 0.471. The van der Waals surface area contributed by atoms with Crippen molar-refractivity contribution in [3.63, 3.8) is 0 Å². The number of hydrogen-bond donors (Lipinski definition) is 2. The molecule has 1 aliphatic rings. The fourth-order valence-corrected chi connectivity index (χ4v) is 2.73. The molecule has 128 valence electrons. The number of benzene rings is 1. The monoisotopic (exact) mass is 330 g/mol. The lowest BCUT2D eigenvalue weighted by Gasteiger charge is -2.18.